The maximum Gasteiger partial charge on any atom is 0.416 e. The van der Waals surface area contributed by atoms with Gasteiger partial charge in [-0.2, -0.15) is 18.3 Å². The van der Waals surface area contributed by atoms with Gasteiger partial charge in [0.25, 0.3) is 0 Å². The van der Waals surface area contributed by atoms with Crippen molar-refractivity contribution in [3.63, 3.8) is 0 Å². The van der Waals surface area contributed by atoms with Crippen LogP contribution in [0.4, 0.5) is 19.0 Å². The van der Waals surface area contributed by atoms with Gasteiger partial charge in [0.05, 0.1) is 22.0 Å². The molecule has 0 radical (unpaired) electrons. The predicted octanol–water partition coefficient (Wildman–Crippen LogP) is 6.14. The number of anilines is 1. The van der Waals surface area contributed by atoms with Crippen molar-refractivity contribution in [2.45, 2.75) is 19.5 Å². The summed E-state index contributed by atoms with van der Waals surface area (Å²) in [5.41, 5.74) is 2.41. The number of nitrogens with one attached hydrogen (secondary N) is 1. The predicted molar refractivity (Wildman–Crippen MR) is 101 cm³/mol. The van der Waals surface area contributed by atoms with Gasteiger partial charge in [0, 0.05) is 22.7 Å². The number of halogens is 5. The second kappa shape index (κ2) is 6.46. The van der Waals surface area contributed by atoms with Crippen molar-refractivity contribution in [3.8, 4) is 16.9 Å². The van der Waals surface area contributed by atoms with E-state index in [9.17, 15) is 13.2 Å². The van der Waals surface area contributed by atoms with Crippen LogP contribution in [0.25, 0.3) is 16.9 Å². The van der Waals surface area contributed by atoms with Crippen LogP contribution in [-0.2, 0) is 12.6 Å². The smallest absolute Gasteiger partial charge is 0.369 e. The highest BCUT2D eigenvalue weighted by Gasteiger charge is 2.32. The van der Waals surface area contributed by atoms with Gasteiger partial charge in [-0.15, -0.1) is 0 Å². The van der Waals surface area contributed by atoms with Gasteiger partial charge in [0.1, 0.15) is 5.82 Å². The monoisotopic (exact) mass is 411 g/mol. The first-order chi connectivity index (χ1) is 12.8. The summed E-state index contributed by atoms with van der Waals surface area (Å²) in [6.07, 6.45) is -3.80. The lowest BCUT2D eigenvalue weighted by Crippen LogP contribution is -2.07. The van der Waals surface area contributed by atoms with E-state index in [1.165, 1.54) is 6.07 Å². The Morgan fingerprint density at radius 3 is 2.63 bits per heavy atom. The summed E-state index contributed by atoms with van der Waals surface area (Å²) >= 11 is 12.5. The standard InChI is InChI=1S/C19H14Cl2F3N3/c1-10-14(20)3-2-4-16(10)27-18-12(7-8-25-18)17(26-27)13-9-11(19(22,23)24)5-6-15(13)21/h2-6,9,25H,7-8H2,1H3. The Morgan fingerprint density at radius 1 is 1.11 bits per heavy atom. The molecule has 1 aromatic heterocycles. The van der Waals surface area contributed by atoms with E-state index in [4.69, 9.17) is 23.2 Å². The number of rotatable bonds is 2. The molecule has 0 aliphatic carbocycles. The molecule has 0 atom stereocenters. The zero-order chi connectivity index (χ0) is 19.3. The van der Waals surface area contributed by atoms with Gasteiger partial charge in [-0.3, -0.25) is 0 Å². The highest BCUT2D eigenvalue weighted by molar-refractivity contribution is 6.33. The normalized spacial score (nSPS) is 13.6. The molecule has 1 aliphatic rings. The molecule has 1 N–H and O–H groups in total. The Labute approximate surface area is 163 Å². The Hall–Kier alpha value is -2.18. The molecule has 4 rings (SSSR count). The molecule has 0 bridgehead atoms. The highest BCUT2D eigenvalue weighted by Crippen LogP contribution is 2.41. The quantitative estimate of drug-likeness (QED) is 0.548. The van der Waals surface area contributed by atoms with Crippen LogP contribution in [0.1, 0.15) is 16.7 Å². The molecular formula is C19H14Cl2F3N3. The number of nitrogens with zero attached hydrogens (tertiary/aromatic N) is 2. The van der Waals surface area contributed by atoms with E-state index in [0.717, 1.165) is 34.8 Å². The minimum absolute atomic E-state index is 0.227. The van der Waals surface area contributed by atoms with Crippen molar-refractivity contribution < 1.29 is 13.2 Å². The topological polar surface area (TPSA) is 29.9 Å². The van der Waals surface area contributed by atoms with E-state index in [-0.39, 0.29) is 10.6 Å². The Kier molecular flexibility index (Phi) is 4.35. The largest absolute Gasteiger partial charge is 0.416 e. The van der Waals surface area contributed by atoms with Gasteiger partial charge in [0.2, 0.25) is 0 Å². The number of hydrogen-bond donors (Lipinski definition) is 1. The van der Waals surface area contributed by atoms with Gasteiger partial charge in [-0.1, -0.05) is 29.3 Å². The van der Waals surface area contributed by atoms with Crippen molar-refractivity contribution >= 4 is 29.0 Å². The van der Waals surface area contributed by atoms with E-state index >= 15 is 0 Å². The molecule has 1 aliphatic heterocycles. The van der Waals surface area contributed by atoms with Gasteiger partial charge in [-0.05, 0) is 49.2 Å². The second-order valence-corrected chi connectivity index (χ2v) is 7.16. The summed E-state index contributed by atoms with van der Waals surface area (Å²) in [6, 6.07) is 8.75. The van der Waals surface area contributed by atoms with Crippen molar-refractivity contribution in [2.24, 2.45) is 0 Å². The molecule has 140 valence electrons. The van der Waals surface area contributed by atoms with Gasteiger partial charge in [0.15, 0.2) is 0 Å². The molecule has 27 heavy (non-hydrogen) atoms. The van der Waals surface area contributed by atoms with E-state index in [2.05, 4.69) is 10.4 Å². The average Bonchev–Trinajstić information content (AvgIpc) is 3.20. The summed E-state index contributed by atoms with van der Waals surface area (Å²) in [7, 11) is 0. The molecule has 0 amide bonds. The van der Waals surface area contributed by atoms with E-state index in [1.807, 2.05) is 19.1 Å². The van der Waals surface area contributed by atoms with Gasteiger partial charge in [-0.25, -0.2) is 4.68 Å². The third-order valence-electron chi connectivity index (χ3n) is 4.67. The fourth-order valence-corrected chi connectivity index (χ4v) is 3.65. The van der Waals surface area contributed by atoms with E-state index in [1.54, 1.807) is 10.7 Å². The zero-order valence-electron chi connectivity index (χ0n) is 14.2. The summed E-state index contributed by atoms with van der Waals surface area (Å²) in [5.74, 6) is 0.754. The third-order valence-corrected chi connectivity index (χ3v) is 5.41. The summed E-state index contributed by atoms with van der Waals surface area (Å²) in [4.78, 5) is 0. The lowest BCUT2D eigenvalue weighted by molar-refractivity contribution is -0.137. The van der Waals surface area contributed by atoms with Crippen molar-refractivity contribution in [1.82, 2.24) is 9.78 Å². The third kappa shape index (κ3) is 3.07. The van der Waals surface area contributed by atoms with Crippen molar-refractivity contribution in [3.05, 3.63) is 63.1 Å². The van der Waals surface area contributed by atoms with Crippen LogP contribution in [0.5, 0.6) is 0 Å². The maximum atomic E-state index is 13.2. The molecule has 3 nitrogen and oxygen atoms in total. The minimum Gasteiger partial charge on any atom is -0.369 e. The van der Waals surface area contributed by atoms with Gasteiger partial charge >= 0.3 is 6.18 Å². The first kappa shape index (κ1) is 18.2. The average molecular weight is 412 g/mol. The zero-order valence-corrected chi connectivity index (χ0v) is 15.7. The Bertz CT molecular complexity index is 1040. The first-order valence-electron chi connectivity index (χ1n) is 8.25. The van der Waals surface area contributed by atoms with Crippen LogP contribution >= 0.6 is 23.2 Å². The molecule has 3 aromatic rings. The fourth-order valence-electron chi connectivity index (χ4n) is 3.27. The van der Waals surface area contributed by atoms with Crippen LogP contribution < -0.4 is 5.32 Å². The maximum absolute atomic E-state index is 13.2. The molecule has 2 aromatic carbocycles. The summed E-state index contributed by atoms with van der Waals surface area (Å²) < 4.78 is 41.2. The lowest BCUT2D eigenvalue weighted by atomic mass is 10.0. The second-order valence-electron chi connectivity index (χ2n) is 6.34. The SMILES string of the molecule is Cc1c(Cl)cccc1-n1nc(-c2cc(C(F)(F)F)ccc2Cl)c2c1NCC2. The summed E-state index contributed by atoms with van der Waals surface area (Å²) in [6.45, 7) is 2.55. The van der Waals surface area contributed by atoms with E-state index in [0.29, 0.717) is 23.7 Å². The molecule has 0 saturated carbocycles. The molecule has 8 heteroatoms. The molecule has 0 unspecified atom stereocenters. The number of hydrogen-bond acceptors (Lipinski definition) is 2. The molecule has 0 fully saturated rings. The van der Waals surface area contributed by atoms with Gasteiger partial charge < -0.3 is 5.32 Å². The van der Waals surface area contributed by atoms with Crippen LogP contribution in [0, 0.1) is 6.92 Å². The first-order valence-corrected chi connectivity index (χ1v) is 9.01. The van der Waals surface area contributed by atoms with E-state index < -0.39 is 11.7 Å². The molecule has 2 heterocycles. The van der Waals surface area contributed by atoms with Crippen LogP contribution in [0.3, 0.4) is 0 Å². The fraction of sp³-hybridized carbons (Fsp3) is 0.211. The molecular weight excluding hydrogens is 398 g/mol. The lowest BCUT2D eigenvalue weighted by Gasteiger charge is -2.11. The van der Waals surface area contributed by atoms with Crippen LogP contribution in [0.15, 0.2) is 36.4 Å². The van der Waals surface area contributed by atoms with Crippen molar-refractivity contribution in [1.29, 1.82) is 0 Å². The van der Waals surface area contributed by atoms with Crippen molar-refractivity contribution in [2.75, 3.05) is 11.9 Å². The summed E-state index contributed by atoms with van der Waals surface area (Å²) in [5, 5.41) is 8.68. The highest BCUT2D eigenvalue weighted by atomic mass is 35.5. The number of alkyl halides is 3. The number of benzene rings is 2. The minimum atomic E-state index is -4.45. The molecule has 0 saturated heterocycles. The van der Waals surface area contributed by atoms with Crippen LogP contribution in [-0.4, -0.2) is 16.3 Å². The Balaban J connectivity index is 1.93. The Morgan fingerprint density at radius 2 is 1.89 bits per heavy atom. The van der Waals surface area contributed by atoms with Crippen LogP contribution in [0.2, 0.25) is 10.0 Å². The number of fused-ring (bicyclic) bond motifs is 1. The molecule has 0 spiro atoms. The number of aromatic nitrogens is 2.